The van der Waals surface area contributed by atoms with Crippen LogP contribution in [0.15, 0.2) is 12.1 Å². The molecule has 1 aromatic rings. The molecule has 5 heteroatoms. The minimum absolute atomic E-state index is 0.168. The number of carbonyl (C=O) groups is 1. The standard InChI is InChI=1S/C17H25N3O2/c1-13-15(16-5-3-4-8-20(16)14(2)21)6-7-17(18-13)19-9-11-22-12-10-19/h6-7,16H,3-5,8-12H2,1-2H3. The molecule has 0 N–H and O–H groups in total. The summed E-state index contributed by atoms with van der Waals surface area (Å²) in [7, 11) is 0. The molecule has 1 atom stereocenters. The molecule has 0 aliphatic carbocycles. The third kappa shape index (κ3) is 3.09. The highest BCUT2D eigenvalue weighted by atomic mass is 16.5. The summed E-state index contributed by atoms with van der Waals surface area (Å²) in [6.45, 7) is 7.93. The van der Waals surface area contributed by atoms with Gasteiger partial charge in [0.2, 0.25) is 5.91 Å². The fourth-order valence-electron chi connectivity index (χ4n) is 3.51. The number of rotatable bonds is 2. The van der Waals surface area contributed by atoms with E-state index in [9.17, 15) is 4.79 Å². The van der Waals surface area contributed by atoms with Gasteiger partial charge in [-0.3, -0.25) is 4.79 Å². The van der Waals surface area contributed by atoms with Crippen LogP contribution in [0, 0.1) is 6.92 Å². The van der Waals surface area contributed by atoms with Gasteiger partial charge in [-0.25, -0.2) is 4.98 Å². The van der Waals surface area contributed by atoms with E-state index in [1.165, 1.54) is 12.0 Å². The average Bonchev–Trinajstić information content (AvgIpc) is 2.55. The largest absolute Gasteiger partial charge is 0.378 e. The Bertz CT molecular complexity index is 541. The van der Waals surface area contributed by atoms with Crippen LogP contribution < -0.4 is 4.90 Å². The number of hydrogen-bond acceptors (Lipinski definition) is 4. The smallest absolute Gasteiger partial charge is 0.219 e. The Kier molecular flexibility index (Phi) is 4.62. The predicted octanol–water partition coefficient (Wildman–Crippen LogP) is 2.30. The predicted molar refractivity (Wildman–Crippen MR) is 86.0 cm³/mol. The van der Waals surface area contributed by atoms with Gasteiger partial charge in [-0.15, -0.1) is 0 Å². The fourth-order valence-corrected chi connectivity index (χ4v) is 3.51. The second kappa shape index (κ2) is 6.65. The van der Waals surface area contributed by atoms with Crippen LogP contribution in [-0.4, -0.2) is 48.6 Å². The molecule has 1 unspecified atom stereocenters. The van der Waals surface area contributed by atoms with Crippen molar-refractivity contribution in [2.24, 2.45) is 0 Å². The lowest BCUT2D eigenvalue weighted by Gasteiger charge is -2.36. The van der Waals surface area contributed by atoms with Gasteiger partial charge < -0.3 is 14.5 Å². The summed E-state index contributed by atoms with van der Waals surface area (Å²) < 4.78 is 5.40. The molecule has 3 rings (SSSR count). The first-order valence-electron chi connectivity index (χ1n) is 8.24. The number of anilines is 1. The Morgan fingerprint density at radius 2 is 2.00 bits per heavy atom. The number of pyridine rings is 1. The molecule has 3 heterocycles. The number of amides is 1. The first kappa shape index (κ1) is 15.3. The maximum absolute atomic E-state index is 11.9. The molecule has 2 aliphatic rings. The van der Waals surface area contributed by atoms with E-state index in [0.29, 0.717) is 0 Å². The molecule has 0 spiro atoms. The van der Waals surface area contributed by atoms with Crippen LogP contribution in [0.3, 0.4) is 0 Å². The maximum Gasteiger partial charge on any atom is 0.219 e. The second-order valence-electron chi connectivity index (χ2n) is 6.17. The molecule has 22 heavy (non-hydrogen) atoms. The average molecular weight is 303 g/mol. The molecule has 0 saturated carbocycles. The normalized spacial score (nSPS) is 22.7. The number of piperidine rings is 1. The summed E-state index contributed by atoms with van der Waals surface area (Å²) >= 11 is 0. The minimum atomic E-state index is 0.168. The highest BCUT2D eigenvalue weighted by Gasteiger charge is 2.27. The third-order valence-corrected chi connectivity index (χ3v) is 4.71. The van der Waals surface area contributed by atoms with Crippen molar-refractivity contribution in [3.8, 4) is 0 Å². The highest BCUT2D eigenvalue weighted by Crippen LogP contribution is 2.33. The quantitative estimate of drug-likeness (QED) is 0.841. The van der Waals surface area contributed by atoms with Gasteiger partial charge in [0.25, 0.3) is 0 Å². The SMILES string of the molecule is CC(=O)N1CCCCC1c1ccc(N2CCOCC2)nc1C. The zero-order valence-electron chi connectivity index (χ0n) is 13.5. The van der Waals surface area contributed by atoms with Gasteiger partial charge in [0.15, 0.2) is 0 Å². The third-order valence-electron chi connectivity index (χ3n) is 4.71. The number of carbonyl (C=O) groups excluding carboxylic acids is 1. The van der Waals surface area contributed by atoms with E-state index in [-0.39, 0.29) is 11.9 Å². The van der Waals surface area contributed by atoms with Crippen LogP contribution in [0.2, 0.25) is 0 Å². The summed E-state index contributed by atoms with van der Waals surface area (Å²) in [6, 6.07) is 4.46. The Morgan fingerprint density at radius 3 is 2.68 bits per heavy atom. The van der Waals surface area contributed by atoms with Crippen molar-refractivity contribution in [2.75, 3.05) is 37.7 Å². The van der Waals surface area contributed by atoms with E-state index in [1.54, 1.807) is 6.92 Å². The highest BCUT2D eigenvalue weighted by molar-refractivity contribution is 5.74. The van der Waals surface area contributed by atoms with Gasteiger partial charge in [0, 0.05) is 32.3 Å². The zero-order valence-corrected chi connectivity index (χ0v) is 13.5. The van der Waals surface area contributed by atoms with Crippen molar-refractivity contribution < 1.29 is 9.53 Å². The van der Waals surface area contributed by atoms with E-state index in [4.69, 9.17) is 9.72 Å². The fraction of sp³-hybridized carbons (Fsp3) is 0.647. The minimum Gasteiger partial charge on any atom is -0.378 e. The van der Waals surface area contributed by atoms with Gasteiger partial charge in [-0.2, -0.15) is 0 Å². The number of nitrogens with zero attached hydrogens (tertiary/aromatic N) is 3. The monoisotopic (exact) mass is 303 g/mol. The van der Waals surface area contributed by atoms with Crippen LogP contribution in [0.25, 0.3) is 0 Å². The van der Waals surface area contributed by atoms with Crippen molar-refractivity contribution >= 4 is 11.7 Å². The van der Waals surface area contributed by atoms with Crippen LogP contribution in [0.1, 0.15) is 43.5 Å². The van der Waals surface area contributed by atoms with Crippen LogP contribution in [0.4, 0.5) is 5.82 Å². The number of ether oxygens (including phenoxy) is 1. The van der Waals surface area contributed by atoms with Crippen LogP contribution in [0.5, 0.6) is 0 Å². The summed E-state index contributed by atoms with van der Waals surface area (Å²) in [6.07, 6.45) is 3.33. The first-order chi connectivity index (χ1) is 10.7. The van der Waals surface area contributed by atoms with E-state index in [2.05, 4.69) is 24.0 Å². The molecule has 2 fully saturated rings. The van der Waals surface area contributed by atoms with Crippen molar-refractivity contribution in [3.63, 3.8) is 0 Å². The molecule has 0 radical (unpaired) electrons. The topological polar surface area (TPSA) is 45.7 Å². The van der Waals surface area contributed by atoms with Crippen molar-refractivity contribution in [2.45, 2.75) is 39.2 Å². The van der Waals surface area contributed by atoms with E-state index in [0.717, 1.165) is 57.2 Å². The molecule has 2 saturated heterocycles. The molecule has 0 bridgehead atoms. The van der Waals surface area contributed by atoms with Crippen molar-refractivity contribution in [1.82, 2.24) is 9.88 Å². The van der Waals surface area contributed by atoms with Gasteiger partial charge in [-0.1, -0.05) is 6.07 Å². The Morgan fingerprint density at radius 1 is 1.23 bits per heavy atom. The lowest BCUT2D eigenvalue weighted by Crippen LogP contribution is -2.38. The summed E-state index contributed by atoms with van der Waals surface area (Å²) in [5.74, 6) is 1.19. The second-order valence-corrected chi connectivity index (χ2v) is 6.17. The van der Waals surface area contributed by atoms with Crippen molar-refractivity contribution in [1.29, 1.82) is 0 Å². The number of aromatic nitrogens is 1. The maximum atomic E-state index is 11.9. The van der Waals surface area contributed by atoms with Gasteiger partial charge in [-0.05, 0) is 37.8 Å². The lowest BCUT2D eigenvalue weighted by atomic mass is 9.94. The van der Waals surface area contributed by atoms with E-state index >= 15 is 0 Å². The molecule has 5 nitrogen and oxygen atoms in total. The molecular formula is C17H25N3O2. The molecule has 1 amide bonds. The number of morpholine rings is 1. The zero-order chi connectivity index (χ0) is 15.5. The number of likely N-dealkylation sites (tertiary alicyclic amines) is 1. The summed E-state index contributed by atoms with van der Waals surface area (Å²) in [5, 5.41) is 0. The Hall–Kier alpha value is -1.62. The first-order valence-corrected chi connectivity index (χ1v) is 8.24. The Labute approximate surface area is 132 Å². The van der Waals surface area contributed by atoms with E-state index in [1.807, 2.05) is 4.90 Å². The summed E-state index contributed by atoms with van der Waals surface area (Å²) in [5.41, 5.74) is 2.24. The number of aryl methyl sites for hydroxylation is 1. The lowest BCUT2D eigenvalue weighted by molar-refractivity contribution is -0.132. The summed E-state index contributed by atoms with van der Waals surface area (Å²) in [4.78, 5) is 21.0. The molecule has 1 aromatic heterocycles. The number of hydrogen-bond donors (Lipinski definition) is 0. The molecule has 0 aromatic carbocycles. The van der Waals surface area contributed by atoms with Gasteiger partial charge >= 0.3 is 0 Å². The van der Waals surface area contributed by atoms with Gasteiger partial charge in [0.1, 0.15) is 5.82 Å². The van der Waals surface area contributed by atoms with E-state index < -0.39 is 0 Å². The van der Waals surface area contributed by atoms with Crippen LogP contribution in [-0.2, 0) is 9.53 Å². The van der Waals surface area contributed by atoms with Crippen molar-refractivity contribution in [3.05, 3.63) is 23.4 Å². The molecular weight excluding hydrogens is 278 g/mol. The molecule has 2 aliphatic heterocycles. The van der Waals surface area contributed by atoms with Crippen LogP contribution >= 0.6 is 0 Å². The van der Waals surface area contributed by atoms with Gasteiger partial charge in [0.05, 0.1) is 19.3 Å². The Balaban J connectivity index is 1.83. The molecule has 120 valence electrons.